The van der Waals surface area contributed by atoms with Gasteiger partial charge in [-0.1, -0.05) is 0 Å². The molecule has 3 aromatic heterocycles. The van der Waals surface area contributed by atoms with Crippen molar-refractivity contribution in [1.29, 1.82) is 0 Å². The topological polar surface area (TPSA) is 110 Å². The fraction of sp³-hybridized carbons (Fsp3) is 0.364. The molecule has 3 N–H and O–H groups in total. The lowest BCUT2D eigenvalue weighted by Crippen LogP contribution is -2.21. The zero-order chi connectivity index (χ0) is 24.2. The molecule has 2 amide bonds. The summed E-state index contributed by atoms with van der Waals surface area (Å²) in [6, 6.07) is 3.53. The lowest BCUT2D eigenvalue weighted by Gasteiger charge is -2.13. The maximum Gasteiger partial charge on any atom is 0.262 e. The highest BCUT2D eigenvalue weighted by atomic mass is 16.2. The number of hydrogen-bond acceptors (Lipinski definition) is 5. The Morgan fingerprint density at radius 3 is 2.74 bits per heavy atom. The van der Waals surface area contributed by atoms with Crippen molar-refractivity contribution in [3.63, 3.8) is 0 Å². The Morgan fingerprint density at radius 1 is 1.23 bits per heavy atom. The van der Waals surface area contributed by atoms with Gasteiger partial charge in [-0.05, 0) is 31.7 Å². The van der Waals surface area contributed by atoms with Crippen LogP contribution in [0.25, 0.3) is 10.9 Å². The summed E-state index contributed by atoms with van der Waals surface area (Å²) in [6.45, 7) is -2.69. The molecular weight excluding hydrogens is 396 g/mol. The molecule has 3 aromatic rings. The summed E-state index contributed by atoms with van der Waals surface area (Å²) in [4.78, 5) is 42.3. The first-order valence-electron chi connectivity index (χ1n) is 11.7. The molecule has 9 heteroatoms. The lowest BCUT2D eigenvalue weighted by molar-refractivity contribution is -0.117. The highest BCUT2D eigenvalue weighted by molar-refractivity contribution is 6.03. The third kappa shape index (κ3) is 3.56. The molecule has 2 saturated carbocycles. The Hall–Kier alpha value is -3.62. The average molecular weight is 423 g/mol. The second kappa shape index (κ2) is 7.26. The lowest BCUT2D eigenvalue weighted by atomic mass is 10.2. The van der Waals surface area contributed by atoms with E-state index in [4.69, 9.17) is 4.11 Å². The number of anilines is 3. The minimum Gasteiger partial charge on any atom is -0.355 e. The van der Waals surface area contributed by atoms with Crippen molar-refractivity contribution < 1.29 is 13.7 Å². The van der Waals surface area contributed by atoms with Gasteiger partial charge in [-0.25, -0.2) is 4.98 Å². The number of carbonyl (C=O) groups is 2. The second-order valence-corrected chi connectivity index (χ2v) is 8.13. The third-order valence-corrected chi connectivity index (χ3v) is 5.74. The smallest absolute Gasteiger partial charge is 0.262 e. The Bertz CT molecular complexity index is 1370. The van der Waals surface area contributed by atoms with Crippen molar-refractivity contribution in [1.82, 2.24) is 19.4 Å². The van der Waals surface area contributed by atoms with Gasteiger partial charge in [0.2, 0.25) is 5.91 Å². The van der Waals surface area contributed by atoms with E-state index < -0.39 is 12.9 Å². The van der Waals surface area contributed by atoms with E-state index in [1.165, 1.54) is 12.3 Å². The van der Waals surface area contributed by atoms with E-state index in [0.29, 0.717) is 16.6 Å². The SMILES string of the molecule is [2H]C([2H])([2H])NC(=O)c1cnc(NC(=O)C2CC2)cc1Nc1cn(C)c2ccn(C3CC3)c(=O)c12. The maximum absolute atomic E-state index is 13.2. The van der Waals surface area contributed by atoms with E-state index >= 15 is 0 Å². The van der Waals surface area contributed by atoms with Gasteiger partial charge in [-0.2, -0.15) is 0 Å². The highest BCUT2D eigenvalue weighted by Crippen LogP contribution is 2.35. The third-order valence-electron chi connectivity index (χ3n) is 5.74. The number of pyridine rings is 2. The zero-order valence-electron chi connectivity index (χ0n) is 19.9. The van der Waals surface area contributed by atoms with Gasteiger partial charge in [-0.15, -0.1) is 0 Å². The van der Waals surface area contributed by atoms with E-state index in [1.54, 1.807) is 21.5 Å². The molecule has 0 spiro atoms. The van der Waals surface area contributed by atoms with Crippen molar-refractivity contribution in [2.24, 2.45) is 13.0 Å². The Morgan fingerprint density at radius 2 is 2.03 bits per heavy atom. The number of rotatable bonds is 6. The fourth-order valence-corrected chi connectivity index (χ4v) is 3.74. The van der Waals surface area contributed by atoms with Gasteiger partial charge in [0.05, 0.1) is 27.8 Å². The van der Waals surface area contributed by atoms with Crippen LogP contribution in [0.4, 0.5) is 17.2 Å². The van der Waals surface area contributed by atoms with Crippen LogP contribution in [0.15, 0.2) is 35.5 Å². The molecular formula is C22H24N6O3. The van der Waals surface area contributed by atoms with Crippen LogP contribution in [0.3, 0.4) is 0 Å². The van der Waals surface area contributed by atoms with Crippen molar-refractivity contribution >= 4 is 39.9 Å². The Labute approximate surface area is 182 Å². The van der Waals surface area contributed by atoms with Crippen molar-refractivity contribution in [3.05, 3.63) is 46.6 Å². The van der Waals surface area contributed by atoms with Crippen LogP contribution in [-0.4, -0.2) is 32.9 Å². The zero-order valence-corrected chi connectivity index (χ0v) is 16.9. The highest BCUT2D eigenvalue weighted by Gasteiger charge is 2.30. The monoisotopic (exact) mass is 423 g/mol. The maximum atomic E-state index is 13.2. The minimum atomic E-state index is -2.69. The normalized spacial score (nSPS) is 17.5. The van der Waals surface area contributed by atoms with E-state index in [2.05, 4.69) is 15.6 Å². The minimum absolute atomic E-state index is 0.0315. The van der Waals surface area contributed by atoms with E-state index in [1.807, 2.05) is 18.4 Å². The summed E-state index contributed by atoms with van der Waals surface area (Å²) in [6.07, 6.45) is 8.28. The summed E-state index contributed by atoms with van der Waals surface area (Å²) >= 11 is 0. The van der Waals surface area contributed by atoms with Crippen molar-refractivity contribution in [3.8, 4) is 0 Å². The van der Waals surface area contributed by atoms with E-state index in [0.717, 1.165) is 25.7 Å². The molecule has 31 heavy (non-hydrogen) atoms. The predicted molar refractivity (Wildman–Crippen MR) is 118 cm³/mol. The molecule has 3 heterocycles. The van der Waals surface area contributed by atoms with Crippen LogP contribution in [0.2, 0.25) is 0 Å². The molecule has 0 unspecified atom stereocenters. The number of amides is 2. The largest absolute Gasteiger partial charge is 0.355 e. The van der Waals surface area contributed by atoms with Gasteiger partial charge >= 0.3 is 0 Å². The Kier molecular flexibility index (Phi) is 3.78. The van der Waals surface area contributed by atoms with Gasteiger partial charge in [0.15, 0.2) is 0 Å². The van der Waals surface area contributed by atoms with Crippen LogP contribution in [0.5, 0.6) is 0 Å². The molecule has 0 aliphatic heterocycles. The van der Waals surface area contributed by atoms with Gasteiger partial charge in [0.25, 0.3) is 11.5 Å². The molecule has 0 aromatic carbocycles. The first kappa shape index (κ1) is 16.1. The molecule has 160 valence electrons. The Balaban J connectivity index is 1.56. The van der Waals surface area contributed by atoms with Crippen LogP contribution < -0.4 is 21.5 Å². The average Bonchev–Trinajstić information content (AvgIpc) is 3.66. The molecule has 0 saturated heterocycles. The van der Waals surface area contributed by atoms with Gasteiger partial charge in [0.1, 0.15) is 5.82 Å². The number of nitrogens with one attached hydrogen (secondary N) is 3. The van der Waals surface area contributed by atoms with Crippen molar-refractivity contribution in [2.45, 2.75) is 31.7 Å². The molecule has 0 bridgehead atoms. The summed E-state index contributed by atoms with van der Waals surface area (Å²) in [7, 11) is 1.81. The van der Waals surface area contributed by atoms with Crippen molar-refractivity contribution in [2.75, 3.05) is 17.6 Å². The van der Waals surface area contributed by atoms with Crippen LogP contribution in [0.1, 0.15) is 46.2 Å². The molecule has 0 atom stereocenters. The van der Waals surface area contributed by atoms with E-state index in [9.17, 15) is 14.4 Å². The predicted octanol–water partition coefficient (Wildman–Crippen LogP) is 2.52. The second-order valence-electron chi connectivity index (χ2n) is 8.13. The fourth-order valence-electron chi connectivity index (χ4n) is 3.74. The number of fused-ring (bicyclic) bond motifs is 1. The van der Waals surface area contributed by atoms with Crippen LogP contribution in [0, 0.1) is 5.92 Å². The first-order valence-corrected chi connectivity index (χ1v) is 10.2. The van der Waals surface area contributed by atoms with Crippen LogP contribution >= 0.6 is 0 Å². The number of nitrogens with zero attached hydrogens (tertiary/aromatic N) is 3. The number of hydrogen-bond donors (Lipinski definition) is 3. The van der Waals surface area contributed by atoms with Crippen LogP contribution in [-0.2, 0) is 11.8 Å². The van der Waals surface area contributed by atoms with E-state index in [-0.39, 0.29) is 40.5 Å². The molecule has 2 aliphatic rings. The van der Waals surface area contributed by atoms with Gasteiger partial charge < -0.3 is 25.1 Å². The summed E-state index contributed by atoms with van der Waals surface area (Å²) in [5, 5.41) is 8.26. The van der Waals surface area contributed by atoms with Gasteiger partial charge in [-0.3, -0.25) is 14.4 Å². The van der Waals surface area contributed by atoms with Gasteiger partial charge in [0, 0.05) is 54.8 Å². The summed E-state index contributed by atoms with van der Waals surface area (Å²) in [5.74, 6) is -0.836. The molecule has 5 rings (SSSR count). The number of carbonyl (C=O) groups excluding carboxylic acids is 2. The number of aryl methyl sites for hydroxylation is 1. The molecule has 9 nitrogen and oxygen atoms in total. The first-order chi connectivity index (χ1) is 16.1. The summed E-state index contributed by atoms with van der Waals surface area (Å²) in [5.41, 5.74) is 1.22. The molecule has 2 aliphatic carbocycles. The molecule has 2 fully saturated rings. The number of aromatic nitrogens is 3. The quantitative estimate of drug-likeness (QED) is 0.564. The standard InChI is InChI=1S/C22H24N6O3/c1-23-21(30)14-10-24-18(26-20(29)12-3-4-12)9-15(14)25-16-11-27(2)17-7-8-28(13-5-6-13)22(31)19(16)17/h7-13H,3-6H2,1-2H3,(H,23,30)(H2,24,25,26,29)/i1D3. The summed E-state index contributed by atoms with van der Waals surface area (Å²) < 4.78 is 25.6. The molecule has 0 radical (unpaired) electrons.